The van der Waals surface area contributed by atoms with Crippen molar-refractivity contribution in [2.75, 3.05) is 17.3 Å². The number of aromatic nitrogens is 1. The van der Waals surface area contributed by atoms with Gasteiger partial charge >= 0.3 is 0 Å². The van der Waals surface area contributed by atoms with Crippen molar-refractivity contribution in [2.24, 2.45) is 5.84 Å². The lowest BCUT2D eigenvalue weighted by Gasteiger charge is -2.12. The Morgan fingerprint density at radius 1 is 1.50 bits per heavy atom. The van der Waals surface area contributed by atoms with E-state index in [1.54, 1.807) is 6.07 Å². The lowest BCUT2D eigenvalue weighted by molar-refractivity contribution is -0.119. The van der Waals surface area contributed by atoms with E-state index in [0.717, 1.165) is 12.2 Å². The molecule has 1 amide bonds. The molecule has 0 saturated carbocycles. The Balaban J connectivity index is 1.87. The number of rotatable bonds is 4. The van der Waals surface area contributed by atoms with E-state index in [1.165, 1.54) is 0 Å². The number of pyridine rings is 1. The average molecular weight is 221 g/mol. The first kappa shape index (κ1) is 10.7. The third-order valence-corrected chi connectivity index (χ3v) is 2.51. The third-order valence-electron chi connectivity index (χ3n) is 2.51. The van der Waals surface area contributed by atoms with Crippen LogP contribution in [0.4, 0.5) is 11.6 Å². The molecule has 1 fully saturated rings. The molecule has 2 rings (SSSR count). The number of nitrogen functional groups attached to an aromatic ring is 1. The van der Waals surface area contributed by atoms with Gasteiger partial charge in [-0.25, -0.2) is 10.8 Å². The topological polar surface area (TPSA) is 92.1 Å². The number of nitrogens with one attached hydrogen (secondary N) is 3. The molecular weight excluding hydrogens is 206 g/mol. The van der Waals surface area contributed by atoms with Gasteiger partial charge in [0, 0.05) is 19.0 Å². The first-order valence-electron chi connectivity index (χ1n) is 5.25. The van der Waals surface area contributed by atoms with Crippen LogP contribution in [0.5, 0.6) is 0 Å². The average Bonchev–Trinajstić information content (AvgIpc) is 2.73. The Morgan fingerprint density at radius 2 is 2.31 bits per heavy atom. The normalized spacial score (nSPS) is 19.3. The summed E-state index contributed by atoms with van der Waals surface area (Å²) in [7, 11) is 0. The summed E-state index contributed by atoms with van der Waals surface area (Å²) in [5, 5.41) is 6.04. The van der Waals surface area contributed by atoms with E-state index in [4.69, 9.17) is 5.84 Å². The van der Waals surface area contributed by atoms with Crippen LogP contribution in [0.3, 0.4) is 0 Å². The molecule has 1 aromatic rings. The van der Waals surface area contributed by atoms with Gasteiger partial charge in [-0.2, -0.15) is 0 Å². The number of hydrazine groups is 1. The van der Waals surface area contributed by atoms with Gasteiger partial charge in [0.15, 0.2) is 0 Å². The molecular formula is C10H15N5O. The Hall–Kier alpha value is -1.82. The fraction of sp³-hybridized carbons (Fsp3) is 0.400. The quantitative estimate of drug-likeness (QED) is 0.426. The van der Waals surface area contributed by atoms with Crippen LogP contribution in [0.1, 0.15) is 12.8 Å². The monoisotopic (exact) mass is 221 g/mol. The van der Waals surface area contributed by atoms with Crippen LogP contribution in [0.15, 0.2) is 18.2 Å². The van der Waals surface area contributed by atoms with E-state index in [1.807, 2.05) is 12.1 Å². The zero-order valence-corrected chi connectivity index (χ0v) is 8.86. The molecule has 1 unspecified atom stereocenters. The maximum atomic E-state index is 11.0. The predicted octanol–water partition coefficient (Wildman–Crippen LogP) is 0.0577. The highest BCUT2D eigenvalue weighted by Gasteiger charge is 2.20. The van der Waals surface area contributed by atoms with Crippen LogP contribution < -0.4 is 21.9 Å². The number of anilines is 2. The number of carbonyl (C=O) groups is 1. The predicted molar refractivity (Wildman–Crippen MR) is 61.7 cm³/mol. The molecule has 0 radical (unpaired) electrons. The Labute approximate surface area is 93.6 Å². The van der Waals surface area contributed by atoms with Crippen LogP contribution in [0, 0.1) is 0 Å². The minimum atomic E-state index is 0.122. The van der Waals surface area contributed by atoms with Crippen molar-refractivity contribution in [3.05, 3.63) is 18.2 Å². The summed E-state index contributed by atoms with van der Waals surface area (Å²) in [5.74, 6) is 6.74. The highest BCUT2D eigenvalue weighted by Crippen LogP contribution is 2.10. The van der Waals surface area contributed by atoms with Crippen LogP contribution in [-0.2, 0) is 4.79 Å². The molecule has 86 valence electrons. The fourth-order valence-corrected chi connectivity index (χ4v) is 1.67. The zero-order chi connectivity index (χ0) is 11.4. The smallest absolute Gasteiger partial charge is 0.220 e. The van der Waals surface area contributed by atoms with Crippen molar-refractivity contribution < 1.29 is 4.79 Å². The van der Waals surface area contributed by atoms with E-state index < -0.39 is 0 Å². The molecule has 0 bridgehead atoms. The second-order valence-electron chi connectivity index (χ2n) is 3.74. The second kappa shape index (κ2) is 4.80. The van der Waals surface area contributed by atoms with Crippen LogP contribution >= 0.6 is 0 Å². The molecule has 0 spiro atoms. The van der Waals surface area contributed by atoms with Gasteiger partial charge in [-0.15, -0.1) is 0 Å². The highest BCUT2D eigenvalue weighted by atomic mass is 16.1. The summed E-state index contributed by atoms with van der Waals surface area (Å²) in [6.07, 6.45) is 1.49. The van der Waals surface area contributed by atoms with Gasteiger partial charge < -0.3 is 16.1 Å². The second-order valence-corrected chi connectivity index (χ2v) is 3.74. The minimum Gasteiger partial charge on any atom is -0.368 e. The number of hydrogen-bond donors (Lipinski definition) is 4. The van der Waals surface area contributed by atoms with Gasteiger partial charge in [0.25, 0.3) is 0 Å². The molecule has 1 atom stereocenters. The molecule has 0 aromatic carbocycles. The van der Waals surface area contributed by atoms with Crippen molar-refractivity contribution >= 4 is 17.5 Å². The van der Waals surface area contributed by atoms with Crippen LogP contribution in [0.25, 0.3) is 0 Å². The summed E-state index contributed by atoms with van der Waals surface area (Å²) in [6, 6.07) is 5.70. The summed E-state index contributed by atoms with van der Waals surface area (Å²) in [4.78, 5) is 15.2. The zero-order valence-electron chi connectivity index (χ0n) is 8.86. The van der Waals surface area contributed by atoms with Gasteiger partial charge in [-0.3, -0.25) is 4.79 Å². The summed E-state index contributed by atoms with van der Waals surface area (Å²) in [5.41, 5.74) is 2.48. The largest absolute Gasteiger partial charge is 0.368 e. The van der Waals surface area contributed by atoms with E-state index in [0.29, 0.717) is 18.8 Å². The molecule has 5 N–H and O–H groups in total. The van der Waals surface area contributed by atoms with Gasteiger partial charge in [0.2, 0.25) is 5.91 Å². The van der Waals surface area contributed by atoms with E-state index in [2.05, 4.69) is 21.0 Å². The molecule has 2 heterocycles. The summed E-state index contributed by atoms with van der Waals surface area (Å²) >= 11 is 0. The van der Waals surface area contributed by atoms with Gasteiger partial charge in [0.1, 0.15) is 11.6 Å². The lowest BCUT2D eigenvalue weighted by atomic mass is 10.2. The molecule has 6 heteroatoms. The number of hydrogen-bond acceptors (Lipinski definition) is 5. The van der Waals surface area contributed by atoms with Crippen LogP contribution in [-0.4, -0.2) is 23.5 Å². The molecule has 16 heavy (non-hydrogen) atoms. The van der Waals surface area contributed by atoms with E-state index >= 15 is 0 Å². The maximum Gasteiger partial charge on any atom is 0.220 e. The molecule has 1 saturated heterocycles. The number of nitrogens with zero attached hydrogens (tertiary/aromatic N) is 1. The number of amides is 1. The van der Waals surface area contributed by atoms with E-state index in [9.17, 15) is 4.79 Å². The number of carbonyl (C=O) groups excluding carboxylic acids is 1. The molecule has 1 aliphatic rings. The van der Waals surface area contributed by atoms with Gasteiger partial charge in [0.05, 0.1) is 0 Å². The first-order chi connectivity index (χ1) is 7.78. The Kier molecular flexibility index (Phi) is 3.21. The molecule has 6 nitrogen and oxygen atoms in total. The Morgan fingerprint density at radius 3 is 3.00 bits per heavy atom. The van der Waals surface area contributed by atoms with Crippen molar-refractivity contribution in [3.63, 3.8) is 0 Å². The fourth-order valence-electron chi connectivity index (χ4n) is 1.67. The van der Waals surface area contributed by atoms with Crippen molar-refractivity contribution in [1.82, 2.24) is 10.3 Å². The number of nitrogens with two attached hydrogens (primary N) is 1. The minimum absolute atomic E-state index is 0.122. The van der Waals surface area contributed by atoms with Crippen molar-refractivity contribution in [3.8, 4) is 0 Å². The highest BCUT2D eigenvalue weighted by molar-refractivity contribution is 5.78. The summed E-state index contributed by atoms with van der Waals surface area (Å²) in [6.45, 7) is 0.687. The molecule has 1 aromatic heterocycles. The first-order valence-corrected chi connectivity index (χ1v) is 5.25. The van der Waals surface area contributed by atoms with Crippen LogP contribution in [0.2, 0.25) is 0 Å². The summed E-state index contributed by atoms with van der Waals surface area (Å²) < 4.78 is 0. The van der Waals surface area contributed by atoms with Crippen molar-refractivity contribution in [1.29, 1.82) is 0 Å². The maximum absolute atomic E-state index is 11.0. The molecule has 1 aliphatic heterocycles. The van der Waals surface area contributed by atoms with Gasteiger partial charge in [-0.1, -0.05) is 6.07 Å². The Bertz CT molecular complexity index is 381. The van der Waals surface area contributed by atoms with Crippen molar-refractivity contribution in [2.45, 2.75) is 18.9 Å². The van der Waals surface area contributed by atoms with Gasteiger partial charge in [-0.05, 0) is 18.6 Å². The van der Waals surface area contributed by atoms with E-state index in [-0.39, 0.29) is 11.9 Å². The SMILES string of the molecule is NNc1cccc(NCC2CCC(=O)N2)n1. The lowest BCUT2D eigenvalue weighted by Crippen LogP contribution is -2.32. The molecule has 0 aliphatic carbocycles. The standard InChI is InChI=1S/C10H15N5O/c11-15-9-3-1-2-8(14-9)12-6-7-4-5-10(16)13-7/h1-3,7H,4-6,11H2,(H,13,16)(H2,12,14,15). The third kappa shape index (κ3) is 2.60.